The van der Waals surface area contributed by atoms with Gasteiger partial charge in [0, 0.05) is 0 Å². The minimum atomic E-state index is -2.26. The summed E-state index contributed by atoms with van der Waals surface area (Å²) in [5, 5.41) is 0. The van der Waals surface area contributed by atoms with Crippen molar-refractivity contribution in [1.29, 1.82) is 0 Å². The molecule has 1 unspecified atom stereocenters. The van der Waals surface area contributed by atoms with Gasteiger partial charge in [-0.1, -0.05) is 0 Å². The molecule has 0 radical (unpaired) electrons. The maximum absolute atomic E-state index is 4.97. The summed E-state index contributed by atoms with van der Waals surface area (Å²) >= 11 is -2.26. The van der Waals surface area contributed by atoms with Gasteiger partial charge in [-0.15, -0.1) is 0 Å². The quantitative estimate of drug-likeness (QED) is 0.430. The van der Waals surface area contributed by atoms with E-state index in [0.29, 0.717) is 5.92 Å². The normalized spacial score (nSPS) is 16.8. The molecule has 0 saturated heterocycles. The Morgan fingerprint density at radius 3 is 1.86 bits per heavy atom. The molecule has 0 nitrogen and oxygen atoms in total. The molecule has 2 aliphatic carbocycles. The van der Waals surface area contributed by atoms with Crippen molar-refractivity contribution in [3.05, 3.63) is 73.6 Å². The summed E-state index contributed by atoms with van der Waals surface area (Å²) in [6, 6.07) is 12.3. The summed E-state index contributed by atoms with van der Waals surface area (Å²) in [6.07, 6.45) is 6.09. The molecule has 0 aliphatic heterocycles. The Bertz CT molecular complexity index is 1210. The monoisotopic (exact) mass is 586 g/mol. The van der Waals surface area contributed by atoms with E-state index in [-0.39, 0.29) is 41.1 Å². The Kier molecular flexibility index (Phi) is 8.88. The second-order valence-electron chi connectivity index (χ2n) is 13.3. The molecule has 188 valence electrons. The summed E-state index contributed by atoms with van der Waals surface area (Å²) < 4.78 is 8.25. The fourth-order valence-corrected chi connectivity index (χ4v) is 10.5. The van der Waals surface area contributed by atoms with Gasteiger partial charge in [-0.3, -0.25) is 0 Å². The smallest absolute Gasteiger partial charge is 1.00 e. The van der Waals surface area contributed by atoms with E-state index >= 15 is 0 Å². The summed E-state index contributed by atoms with van der Waals surface area (Å²) in [7, 11) is 0. The van der Waals surface area contributed by atoms with E-state index in [0.717, 1.165) is 6.42 Å². The summed E-state index contributed by atoms with van der Waals surface area (Å²) in [5.41, 5.74) is 10.9. The van der Waals surface area contributed by atoms with E-state index in [4.69, 9.17) is 4.21 Å². The number of hydrogen-bond donors (Lipinski definition) is 0. The van der Waals surface area contributed by atoms with E-state index in [9.17, 15) is 0 Å². The molecular formula is C32H42Cl2Zr. The molecule has 0 heterocycles. The van der Waals surface area contributed by atoms with Gasteiger partial charge in [-0.05, 0) is 0 Å². The topological polar surface area (TPSA) is 0 Å². The van der Waals surface area contributed by atoms with Crippen molar-refractivity contribution in [3.8, 4) is 11.1 Å². The SMILES string of the molecule is [CH2]=[Zr+2]([C]1=CC(C(C)(C)C)=CC1C)[c]1cc(C(C)(C)C)cc2c1Cc1ccc(C(C)(C)C)cc1-2.[Cl-].[Cl-]. The Labute approximate surface area is 234 Å². The average molecular weight is 589 g/mol. The molecule has 2 aromatic rings. The van der Waals surface area contributed by atoms with Crippen molar-refractivity contribution < 1.29 is 46.1 Å². The van der Waals surface area contributed by atoms with Crippen molar-refractivity contribution in [2.45, 2.75) is 86.5 Å². The van der Waals surface area contributed by atoms with E-state index in [2.05, 4.69) is 112 Å². The molecule has 0 saturated carbocycles. The Balaban J connectivity index is 0.00000216. The minimum absolute atomic E-state index is 0. The maximum Gasteiger partial charge on any atom is -1.00 e. The first-order chi connectivity index (χ1) is 15.1. The van der Waals surface area contributed by atoms with Crippen LogP contribution >= 0.6 is 0 Å². The van der Waals surface area contributed by atoms with Crippen LogP contribution in [0, 0.1) is 11.3 Å². The molecule has 0 amide bonds. The molecule has 1 atom stereocenters. The predicted molar refractivity (Wildman–Crippen MR) is 144 cm³/mol. The van der Waals surface area contributed by atoms with Gasteiger partial charge in [-0.2, -0.15) is 0 Å². The first-order valence-corrected chi connectivity index (χ1v) is 16.7. The molecule has 0 fully saturated rings. The van der Waals surface area contributed by atoms with Crippen LogP contribution in [0.15, 0.2) is 51.3 Å². The number of allylic oxidation sites excluding steroid dienone is 4. The standard InChI is InChI=1S/C21H25.C10H15.CH2.2ClH.Zr/c1-20(2,3)16-9-7-14-11-15-8-10-17(21(4,5)6)13-19(15)18(14)12-16;1-8-5-6-9(7-8)10(2,3)4;;;;/h7,9-10,12-13H,11H2,1-6H3;6-8H,1-4H3;1H2;2*1H;/q;;;;;+2/p-2. The molecule has 3 heteroatoms. The number of halogens is 2. The van der Waals surface area contributed by atoms with Crippen LogP contribution < -0.4 is 28.1 Å². The van der Waals surface area contributed by atoms with Gasteiger partial charge >= 0.3 is 211 Å². The zero-order valence-electron chi connectivity index (χ0n) is 23.3. The fraction of sp³-hybridized carbons (Fsp3) is 0.469. The van der Waals surface area contributed by atoms with E-state index in [1.54, 1.807) is 12.1 Å². The zero-order chi connectivity index (χ0) is 24.5. The largest absolute Gasteiger partial charge is 1.00 e. The van der Waals surface area contributed by atoms with Gasteiger partial charge in [0.25, 0.3) is 0 Å². The third kappa shape index (κ3) is 5.89. The Morgan fingerprint density at radius 1 is 0.771 bits per heavy atom. The Hall–Kier alpha value is -0.747. The summed E-state index contributed by atoms with van der Waals surface area (Å²) in [6.45, 7) is 23.4. The second kappa shape index (κ2) is 10.2. The predicted octanol–water partition coefficient (Wildman–Crippen LogP) is 2.04. The van der Waals surface area contributed by atoms with E-state index < -0.39 is 21.3 Å². The van der Waals surface area contributed by atoms with Gasteiger partial charge in [-0.25, -0.2) is 0 Å². The van der Waals surface area contributed by atoms with Crippen LogP contribution in [0.5, 0.6) is 0 Å². The Morgan fingerprint density at radius 2 is 1.34 bits per heavy atom. The molecule has 0 aromatic heterocycles. The van der Waals surface area contributed by atoms with Gasteiger partial charge < -0.3 is 24.8 Å². The van der Waals surface area contributed by atoms with Gasteiger partial charge in [0.05, 0.1) is 0 Å². The number of benzene rings is 2. The van der Waals surface area contributed by atoms with Crippen LogP contribution in [0.2, 0.25) is 0 Å². The minimum Gasteiger partial charge on any atom is -1.00 e. The van der Waals surface area contributed by atoms with Crippen LogP contribution in [-0.2, 0) is 38.5 Å². The van der Waals surface area contributed by atoms with E-state index in [1.165, 1.54) is 33.4 Å². The summed E-state index contributed by atoms with van der Waals surface area (Å²) in [5.74, 6) is 0.524. The fourth-order valence-electron chi connectivity index (χ4n) is 5.13. The van der Waals surface area contributed by atoms with Crippen LogP contribution in [0.3, 0.4) is 0 Å². The molecule has 2 aliphatic rings. The van der Waals surface area contributed by atoms with Crippen molar-refractivity contribution in [2.75, 3.05) is 0 Å². The first-order valence-electron chi connectivity index (χ1n) is 12.5. The number of hydrogen-bond acceptors (Lipinski definition) is 0. The third-order valence-corrected chi connectivity index (χ3v) is 13.4. The van der Waals surface area contributed by atoms with Crippen LogP contribution in [-0.4, -0.2) is 4.21 Å². The van der Waals surface area contributed by atoms with Crippen LogP contribution in [0.4, 0.5) is 0 Å². The number of rotatable bonds is 2. The molecular weight excluding hydrogens is 546 g/mol. The molecule has 0 N–H and O–H groups in total. The molecule has 0 bridgehead atoms. The van der Waals surface area contributed by atoms with Crippen molar-refractivity contribution in [2.24, 2.45) is 11.3 Å². The summed E-state index contributed by atoms with van der Waals surface area (Å²) in [4.78, 5) is 0. The van der Waals surface area contributed by atoms with Crippen LogP contribution in [0.1, 0.15) is 91.5 Å². The van der Waals surface area contributed by atoms with Gasteiger partial charge in [0.1, 0.15) is 0 Å². The first kappa shape index (κ1) is 30.5. The second-order valence-corrected chi connectivity index (χ2v) is 18.4. The van der Waals surface area contributed by atoms with Gasteiger partial charge in [0.15, 0.2) is 0 Å². The average Bonchev–Trinajstić information content (AvgIpc) is 3.25. The van der Waals surface area contributed by atoms with E-state index in [1.807, 2.05) is 0 Å². The molecule has 0 spiro atoms. The zero-order valence-corrected chi connectivity index (χ0v) is 27.3. The van der Waals surface area contributed by atoms with Crippen LogP contribution in [0.25, 0.3) is 11.1 Å². The molecule has 4 rings (SSSR count). The van der Waals surface area contributed by atoms with Crippen molar-refractivity contribution in [3.63, 3.8) is 0 Å². The van der Waals surface area contributed by atoms with Crippen molar-refractivity contribution >= 4 is 7.48 Å². The van der Waals surface area contributed by atoms with Crippen molar-refractivity contribution in [1.82, 2.24) is 0 Å². The maximum atomic E-state index is 4.97. The molecule has 35 heavy (non-hydrogen) atoms. The van der Waals surface area contributed by atoms with Gasteiger partial charge in [0.2, 0.25) is 0 Å². The third-order valence-electron chi connectivity index (χ3n) is 7.52. The molecule has 2 aromatic carbocycles. The number of fused-ring (bicyclic) bond motifs is 3.